The minimum absolute atomic E-state index is 0.110. The van der Waals surface area contributed by atoms with Crippen LogP contribution >= 0.6 is 0 Å². The standard InChI is InChI=1S/C66H108O6/c1-4-7-10-13-16-19-22-25-28-31-32-33-34-36-38-41-44-47-50-53-56-59-65(68)71-62-63(61-70-64(67)58-55-52-49-46-43-40-37-30-27-24-21-18-15-12-9-6-3)72-66(69)60-57-54-51-48-45-42-39-35-29-26-23-20-17-14-11-8-5-2/h7-8,10-11,16-17,19-20,25-26,28-30,32-33,37,39,42,48,51,63H,4-6,9,12-15,18,21-24,27,31,34-36,38,40-41,43-47,49-50,52-62H2,1-3H3/b10-7-,11-8-,19-16-,20-17-,28-25-,29-26-,33-32-,37-30-,42-39-,51-48-. The van der Waals surface area contributed by atoms with E-state index >= 15 is 0 Å². The molecule has 0 radical (unpaired) electrons. The van der Waals surface area contributed by atoms with Gasteiger partial charge >= 0.3 is 17.9 Å². The van der Waals surface area contributed by atoms with Crippen molar-refractivity contribution in [2.45, 2.75) is 264 Å². The largest absolute Gasteiger partial charge is 0.462 e. The van der Waals surface area contributed by atoms with E-state index in [0.717, 1.165) is 122 Å². The van der Waals surface area contributed by atoms with Crippen LogP contribution in [-0.4, -0.2) is 37.2 Å². The van der Waals surface area contributed by atoms with Crippen LogP contribution in [0.25, 0.3) is 0 Å². The first-order valence-electron chi connectivity index (χ1n) is 29.5. The molecule has 1 unspecified atom stereocenters. The van der Waals surface area contributed by atoms with Gasteiger partial charge in [0.1, 0.15) is 13.2 Å². The van der Waals surface area contributed by atoms with E-state index in [2.05, 4.69) is 142 Å². The number of carbonyl (C=O) groups is 3. The third-order valence-corrected chi connectivity index (χ3v) is 12.2. The van der Waals surface area contributed by atoms with Gasteiger partial charge in [0.05, 0.1) is 0 Å². The molecule has 6 heteroatoms. The average molecular weight is 998 g/mol. The van der Waals surface area contributed by atoms with E-state index in [9.17, 15) is 14.4 Å². The van der Waals surface area contributed by atoms with Crippen molar-refractivity contribution in [3.8, 4) is 0 Å². The molecule has 0 spiro atoms. The van der Waals surface area contributed by atoms with Crippen LogP contribution < -0.4 is 0 Å². The van der Waals surface area contributed by atoms with Crippen molar-refractivity contribution in [3.63, 3.8) is 0 Å². The Bertz CT molecular complexity index is 1520. The highest BCUT2D eigenvalue weighted by atomic mass is 16.6. The molecule has 0 N–H and O–H groups in total. The van der Waals surface area contributed by atoms with Crippen molar-refractivity contribution in [1.82, 2.24) is 0 Å². The quantitative estimate of drug-likeness (QED) is 0.0261. The first-order valence-corrected chi connectivity index (χ1v) is 29.5. The Morgan fingerprint density at radius 2 is 0.556 bits per heavy atom. The highest BCUT2D eigenvalue weighted by molar-refractivity contribution is 5.71. The Morgan fingerprint density at radius 1 is 0.292 bits per heavy atom. The van der Waals surface area contributed by atoms with Crippen LogP contribution in [0.2, 0.25) is 0 Å². The lowest BCUT2D eigenvalue weighted by Crippen LogP contribution is -2.30. The molecule has 0 aliphatic carbocycles. The molecule has 72 heavy (non-hydrogen) atoms. The van der Waals surface area contributed by atoms with Crippen molar-refractivity contribution in [2.75, 3.05) is 13.2 Å². The van der Waals surface area contributed by atoms with E-state index in [1.165, 1.54) is 89.9 Å². The van der Waals surface area contributed by atoms with Gasteiger partial charge in [-0.1, -0.05) is 239 Å². The second-order valence-electron chi connectivity index (χ2n) is 19.1. The van der Waals surface area contributed by atoms with Crippen molar-refractivity contribution in [2.24, 2.45) is 0 Å². The molecule has 0 fully saturated rings. The Balaban J connectivity index is 4.49. The number of carbonyl (C=O) groups excluding carboxylic acids is 3. The molecule has 0 aromatic heterocycles. The number of rotatable bonds is 52. The highest BCUT2D eigenvalue weighted by Crippen LogP contribution is 2.14. The summed E-state index contributed by atoms with van der Waals surface area (Å²) in [4.78, 5) is 38.2. The molecule has 0 aliphatic heterocycles. The maximum absolute atomic E-state index is 12.8. The van der Waals surface area contributed by atoms with E-state index in [1.807, 2.05) is 0 Å². The first kappa shape index (κ1) is 67.8. The molecular formula is C66H108O6. The van der Waals surface area contributed by atoms with Crippen molar-refractivity contribution in [1.29, 1.82) is 0 Å². The van der Waals surface area contributed by atoms with Gasteiger partial charge < -0.3 is 14.2 Å². The molecule has 0 amide bonds. The zero-order chi connectivity index (χ0) is 52.2. The second-order valence-corrected chi connectivity index (χ2v) is 19.1. The van der Waals surface area contributed by atoms with E-state index in [4.69, 9.17) is 14.2 Å². The van der Waals surface area contributed by atoms with Crippen LogP contribution in [0.15, 0.2) is 122 Å². The van der Waals surface area contributed by atoms with Gasteiger partial charge in [-0.05, 0) is 122 Å². The fraction of sp³-hybridized carbons (Fsp3) is 0.652. The second kappa shape index (κ2) is 59.4. The van der Waals surface area contributed by atoms with Crippen LogP contribution in [0.4, 0.5) is 0 Å². The predicted octanol–water partition coefficient (Wildman–Crippen LogP) is 20.0. The Labute approximate surface area is 443 Å². The maximum atomic E-state index is 12.8. The fourth-order valence-electron chi connectivity index (χ4n) is 7.82. The Kier molecular flexibility index (Phi) is 55.9. The van der Waals surface area contributed by atoms with Gasteiger partial charge in [0.15, 0.2) is 6.10 Å². The molecule has 0 aromatic rings. The summed E-state index contributed by atoms with van der Waals surface area (Å²) in [5.74, 6) is -0.984. The van der Waals surface area contributed by atoms with Crippen molar-refractivity contribution >= 4 is 17.9 Å². The Hall–Kier alpha value is -4.19. The number of esters is 3. The van der Waals surface area contributed by atoms with Crippen molar-refractivity contribution < 1.29 is 28.6 Å². The predicted molar refractivity (Wildman–Crippen MR) is 311 cm³/mol. The molecule has 1 atom stereocenters. The maximum Gasteiger partial charge on any atom is 0.306 e. The normalized spacial score (nSPS) is 13.0. The number of unbranched alkanes of at least 4 members (excludes halogenated alkanes) is 21. The topological polar surface area (TPSA) is 78.9 Å². The van der Waals surface area contributed by atoms with E-state index in [0.29, 0.717) is 19.3 Å². The first-order chi connectivity index (χ1) is 35.5. The molecule has 0 saturated carbocycles. The molecule has 0 rings (SSSR count). The van der Waals surface area contributed by atoms with Crippen LogP contribution in [0.1, 0.15) is 258 Å². The molecule has 0 bridgehead atoms. The van der Waals surface area contributed by atoms with E-state index in [-0.39, 0.29) is 37.5 Å². The van der Waals surface area contributed by atoms with Gasteiger partial charge in [-0.2, -0.15) is 0 Å². The zero-order valence-corrected chi connectivity index (χ0v) is 46.7. The number of allylic oxidation sites excluding steroid dienone is 20. The monoisotopic (exact) mass is 997 g/mol. The van der Waals surface area contributed by atoms with Crippen molar-refractivity contribution in [3.05, 3.63) is 122 Å². The molecule has 6 nitrogen and oxygen atoms in total. The summed E-state index contributed by atoms with van der Waals surface area (Å²) >= 11 is 0. The van der Waals surface area contributed by atoms with Gasteiger partial charge in [-0.15, -0.1) is 0 Å². The third-order valence-electron chi connectivity index (χ3n) is 12.2. The highest BCUT2D eigenvalue weighted by Gasteiger charge is 2.19. The van der Waals surface area contributed by atoms with Gasteiger partial charge in [-0.3, -0.25) is 14.4 Å². The van der Waals surface area contributed by atoms with Gasteiger partial charge in [0.2, 0.25) is 0 Å². The molecule has 408 valence electrons. The smallest absolute Gasteiger partial charge is 0.306 e. The lowest BCUT2D eigenvalue weighted by atomic mass is 10.1. The minimum Gasteiger partial charge on any atom is -0.462 e. The fourth-order valence-corrected chi connectivity index (χ4v) is 7.82. The summed E-state index contributed by atoms with van der Waals surface area (Å²) in [6.07, 6.45) is 81.9. The summed E-state index contributed by atoms with van der Waals surface area (Å²) in [5.41, 5.74) is 0. The summed E-state index contributed by atoms with van der Waals surface area (Å²) in [7, 11) is 0. The molecule has 0 aromatic carbocycles. The molecule has 0 saturated heterocycles. The summed E-state index contributed by atoms with van der Waals surface area (Å²) in [6, 6.07) is 0. The summed E-state index contributed by atoms with van der Waals surface area (Å²) in [6.45, 7) is 6.35. The van der Waals surface area contributed by atoms with E-state index < -0.39 is 6.10 Å². The van der Waals surface area contributed by atoms with Gasteiger partial charge in [0, 0.05) is 19.3 Å². The van der Waals surface area contributed by atoms with Crippen LogP contribution in [-0.2, 0) is 28.6 Å². The number of ether oxygens (including phenoxy) is 3. The zero-order valence-electron chi connectivity index (χ0n) is 46.7. The number of hydrogen-bond donors (Lipinski definition) is 0. The van der Waals surface area contributed by atoms with Crippen LogP contribution in [0.3, 0.4) is 0 Å². The minimum atomic E-state index is -0.819. The van der Waals surface area contributed by atoms with Crippen LogP contribution in [0, 0.1) is 0 Å². The van der Waals surface area contributed by atoms with E-state index in [1.54, 1.807) is 0 Å². The van der Waals surface area contributed by atoms with Crippen LogP contribution in [0.5, 0.6) is 0 Å². The lowest BCUT2D eigenvalue weighted by Gasteiger charge is -2.18. The SMILES string of the molecule is CC/C=C\C/C=C\C/C=C\C/C=C\C/C=C\CCCC(=O)OC(COC(=O)CCCCCCC/C=C\CCCCCCCCC)COC(=O)CCCCCCCCCC/C=C\C/C=C\C/C=C\C/C=C\CC. The molecule has 0 aliphatic rings. The molecule has 0 heterocycles. The summed E-state index contributed by atoms with van der Waals surface area (Å²) in [5, 5.41) is 0. The van der Waals surface area contributed by atoms with Gasteiger partial charge in [0.25, 0.3) is 0 Å². The van der Waals surface area contributed by atoms with Gasteiger partial charge in [-0.25, -0.2) is 0 Å². The summed E-state index contributed by atoms with van der Waals surface area (Å²) < 4.78 is 16.8. The third kappa shape index (κ3) is 56.7. The molecular weight excluding hydrogens is 889 g/mol. The average Bonchev–Trinajstić information content (AvgIpc) is 3.38. The Morgan fingerprint density at radius 3 is 0.903 bits per heavy atom. The lowest BCUT2D eigenvalue weighted by molar-refractivity contribution is -0.167. The number of hydrogen-bond acceptors (Lipinski definition) is 6.